The Balaban J connectivity index is 1.36. The zero-order valence-corrected chi connectivity index (χ0v) is 16.7. The van der Waals surface area contributed by atoms with Crippen LogP contribution in [-0.2, 0) is 4.79 Å². The zero-order chi connectivity index (χ0) is 19.5. The van der Waals surface area contributed by atoms with Crippen LogP contribution in [0.4, 0.5) is 11.5 Å². The second kappa shape index (κ2) is 8.19. The Bertz CT molecular complexity index is 986. The first-order valence-corrected chi connectivity index (χ1v) is 10.0. The topological polar surface area (TPSA) is 73.9 Å². The van der Waals surface area contributed by atoms with E-state index in [9.17, 15) is 4.79 Å². The minimum Gasteiger partial charge on any atom is -0.378 e. The second-order valence-corrected chi connectivity index (χ2v) is 7.88. The van der Waals surface area contributed by atoms with Gasteiger partial charge in [-0.25, -0.2) is 9.97 Å². The number of nitrogens with zero attached hydrogens (tertiary/aromatic N) is 3. The average molecular weight is 398 g/mol. The molecule has 1 saturated heterocycles. The molecule has 0 aliphatic carbocycles. The average Bonchev–Trinajstić information content (AvgIpc) is 3.18. The molecule has 0 radical (unpaired) electrons. The molecule has 3 heterocycles. The number of aromatic amines is 1. The predicted octanol–water partition coefficient (Wildman–Crippen LogP) is 4.21. The van der Waals surface area contributed by atoms with Gasteiger partial charge in [-0.15, -0.1) is 0 Å². The van der Waals surface area contributed by atoms with E-state index in [1.165, 1.54) is 0 Å². The third-order valence-electron chi connectivity index (χ3n) is 5.34. The SMILES string of the molecule is Cc1ccc(Cl)cc1NCC(=O)C[C@@H]1CCCN(c2ncnc3[nH]ccc23)C1. The Kier molecular flexibility index (Phi) is 5.48. The normalized spacial score (nSPS) is 17.1. The van der Waals surface area contributed by atoms with Crippen molar-refractivity contribution in [2.24, 2.45) is 5.92 Å². The van der Waals surface area contributed by atoms with Gasteiger partial charge in [0.25, 0.3) is 0 Å². The number of hydrogen-bond donors (Lipinski definition) is 2. The van der Waals surface area contributed by atoms with Crippen molar-refractivity contribution in [3.63, 3.8) is 0 Å². The number of aromatic nitrogens is 3. The van der Waals surface area contributed by atoms with Gasteiger partial charge in [-0.05, 0) is 49.4 Å². The third kappa shape index (κ3) is 4.12. The summed E-state index contributed by atoms with van der Waals surface area (Å²) in [5.41, 5.74) is 2.85. The number of carbonyl (C=O) groups excluding carboxylic acids is 1. The number of piperidine rings is 1. The second-order valence-electron chi connectivity index (χ2n) is 7.45. The fourth-order valence-electron chi connectivity index (χ4n) is 3.91. The van der Waals surface area contributed by atoms with Crippen LogP contribution in [0.3, 0.4) is 0 Å². The Labute approximate surface area is 169 Å². The fraction of sp³-hybridized carbons (Fsp3) is 0.381. The lowest BCUT2D eigenvalue weighted by molar-refractivity contribution is -0.118. The van der Waals surface area contributed by atoms with Crippen molar-refractivity contribution in [3.05, 3.63) is 47.4 Å². The Morgan fingerprint density at radius 2 is 2.25 bits per heavy atom. The molecule has 1 atom stereocenters. The van der Waals surface area contributed by atoms with Gasteiger partial charge < -0.3 is 15.2 Å². The molecule has 4 rings (SSSR count). The van der Waals surface area contributed by atoms with Crippen LogP contribution in [0.1, 0.15) is 24.8 Å². The van der Waals surface area contributed by atoms with E-state index in [0.717, 1.165) is 54.0 Å². The van der Waals surface area contributed by atoms with Crippen molar-refractivity contribution in [3.8, 4) is 0 Å². The minimum atomic E-state index is 0.223. The molecule has 0 amide bonds. The number of Topliss-reactive ketones (excluding diaryl/α,β-unsaturated/α-hetero) is 1. The quantitative estimate of drug-likeness (QED) is 0.651. The number of H-pyrrole nitrogens is 1. The number of nitrogens with one attached hydrogen (secondary N) is 2. The molecular formula is C21H24ClN5O. The summed E-state index contributed by atoms with van der Waals surface area (Å²) in [6.07, 6.45) is 6.19. The molecule has 7 heteroatoms. The lowest BCUT2D eigenvalue weighted by atomic mass is 9.92. The van der Waals surface area contributed by atoms with E-state index in [1.54, 1.807) is 6.33 Å². The van der Waals surface area contributed by atoms with Crippen LogP contribution < -0.4 is 10.2 Å². The van der Waals surface area contributed by atoms with E-state index >= 15 is 0 Å². The fourth-order valence-corrected chi connectivity index (χ4v) is 4.08. The highest BCUT2D eigenvalue weighted by atomic mass is 35.5. The number of anilines is 2. The van der Waals surface area contributed by atoms with Gasteiger partial charge in [0.05, 0.1) is 11.9 Å². The summed E-state index contributed by atoms with van der Waals surface area (Å²) in [5.74, 6) is 1.52. The molecule has 6 nitrogen and oxygen atoms in total. The van der Waals surface area contributed by atoms with Crippen LogP contribution in [0.25, 0.3) is 11.0 Å². The van der Waals surface area contributed by atoms with Crippen molar-refractivity contribution < 1.29 is 4.79 Å². The van der Waals surface area contributed by atoms with Crippen molar-refractivity contribution in [2.45, 2.75) is 26.2 Å². The minimum absolute atomic E-state index is 0.223. The van der Waals surface area contributed by atoms with Crippen LogP contribution in [-0.4, -0.2) is 40.4 Å². The van der Waals surface area contributed by atoms with Crippen molar-refractivity contribution in [1.29, 1.82) is 0 Å². The predicted molar refractivity (Wildman–Crippen MR) is 113 cm³/mol. The summed E-state index contributed by atoms with van der Waals surface area (Å²) in [6, 6.07) is 7.69. The van der Waals surface area contributed by atoms with E-state index in [1.807, 2.05) is 37.4 Å². The van der Waals surface area contributed by atoms with Crippen molar-refractivity contribution >= 4 is 39.9 Å². The van der Waals surface area contributed by atoms with Crippen molar-refractivity contribution in [2.75, 3.05) is 29.9 Å². The van der Waals surface area contributed by atoms with Gasteiger partial charge in [-0.2, -0.15) is 0 Å². The number of ketones is 1. The Morgan fingerprint density at radius 3 is 3.14 bits per heavy atom. The molecule has 1 fully saturated rings. The van der Waals surface area contributed by atoms with Crippen LogP contribution in [0.15, 0.2) is 36.8 Å². The molecule has 2 aromatic heterocycles. The monoisotopic (exact) mass is 397 g/mol. The lowest BCUT2D eigenvalue weighted by Gasteiger charge is -2.33. The molecule has 1 aliphatic rings. The van der Waals surface area contributed by atoms with E-state index in [4.69, 9.17) is 11.6 Å². The summed E-state index contributed by atoms with van der Waals surface area (Å²) < 4.78 is 0. The standard InChI is InChI=1S/C21H24ClN5O/c1-14-4-5-16(22)10-19(14)24-11-17(28)9-15-3-2-8-27(12-15)21-18-6-7-23-20(18)25-13-26-21/h4-7,10,13,15,24H,2-3,8-9,11-12H2,1H3,(H,23,25,26)/t15-/m0/s1. The smallest absolute Gasteiger partial charge is 0.152 e. The van der Waals surface area contributed by atoms with Crippen molar-refractivity contribution in [1.82, 2.24) is 15.0 Å². The van der Waals surface area contributed by atoms with Crippen LogP contribution in [0.2, 0.25) is 5.02 Å². The maximum Gasteiger partial charge on any atom is 0.152 e. The van der Waals surface area contributed by atoms with E-state index < -0.39 is 0 Å². The highest BCUT2D eigenvalue weighted by Gasteiger charge is 2.24. The molecule has 0 unspecified atom stereocenters. The number of aryl methyl sites for hydroxylation is 1. The summed E-state index contributed by atoms with van der Waals surface area (Å²) in [5, 5.41) is 4.94. The molecule has 0 saturated carbocycles. The van der Waals surface area contributed by atoms with Crippen LogP contribution >= 0.6 is 11.6 Å². The van der Waals surface area contributed by atoms with Crippen LogP contribution in [0, 0.1) is 12.8 Å². The first-order valence-electron chi connectivity index (χ1n) is 9.65. The Morgan fingerprint density at radius 1 is 1.36 bits per heavy atom. The van der Waals surface area contributed by atoms with Gasteiger partial charge in [0.1, 0.15) is 17.8 Å². The third-order valence-corrected chi connectivity index (χ3v) is 5.58. The molecule has 3 aromatic rings. The van der Waals surface area contributed by atoms with E-state index in [0.29, 0.717) is 23.9 Å². The van der Waals surface area contributed by atoms with E-state index in [-0.39, 0.29) is 5.78 Å². The van der Waals surface area contributed by atoms with Gasteiger partial charge in [0.15, 0.2) is 5.78 Å². The van der Waals surface area contributed by atoms with Gasteiger partial charge in [-0.3, -0.25) is 4.79 Å². The molecule has 0 spiro atoms. The molecule has 28 heavy (non-hydrogen) atoms. The maximum absolute atomic E-state index is 12.6. The number of halogens is 1. The van der Waals surface area contributed by atoms with E-state index in [2.05, 4.69) is 25.2 Å². The number of fused-ring (bicyclic) bond motifs is 1. The lowest BCUT2D eigenvalue weighted by Crippen LogP contribution is -2.37. The molecule has 146 valence electrons. The number of benzene rings is 1. The Hall–Kier alpha value is -2.60. The summed E-state index contributed by atoms with van der Waals surface area (Å²) in [4.78, 5) is 26.7. The van der Waals surface area contributed by atoms with Gasteiger partial charge in [-0.1, -0.05) is 17.7 Å². The summed E-state index contributed by atoms with van der Waals surface area (Å²) in [7, 11) is 0. The number of hydrogen-bond acceptors (Lipinski definition) is 5. The zero-order valence-electron chi connectivity index (χ0n) is 15.9. The van der Waals surface area contributed by atoms with Gasteiger partial charge in [0, 0.05) is 36.4 Å². The highest BCUT2D eigenvalue weighted by Crippen LogP contribution is 2.28. The summed E-state index contributed by atoms with van der Waals surface area (Å²) >= 11 is 6.05. The first-order chi connectivity index (χ1) is 13.6. The largest absolute Gasteiger partial charge is 0.378 e. The molecule has 1 aliphatic heterocycles. The van der Waals surface area contributed by atoms with Gasteiger partial charge >= 0.3 is 0 Å². The van der Waals surface area contributed by atoms with Crippen LogP contribution in [0.5, 0.6) is 0 Å². The maximum atomic E-state index is 12.6. The number of carbonyl (C=O) groups is 1. The first kappa shape index (κ1) is 18.7. The summed E-state index contributed by atoms with van der Waals surface area (Å²) in [6.45, 7) is 4.14. The molecule has 0 bridgehead atoms. The van der Waals surface area contributed by atoms with Gasteiger partial charge in [0.2, 0.25) is 0 Å². The highest BCUT2D eigenvalue weighted by molar-refractivity contribution is 6.30. The molecule has 1 aromatic carbocycles. The number of rotatable bonds is 6. The molecule has 2 N–H and O–H groups in total. The molecular weight excluding hydrogens is 374 g/mol.